The first kappa shape index (κ1) is 19.5. The molecule has 0 aliphatic rings. The molecule has 0 bridgehead atoms. The Morgan fingerprint density at radius 1 is 1.00 bits per heavy atom. The molecule has 0 aliphatic heterocycles. The van der Waals surface area contributed by atoms with Gasteiger partial charge in [-0.3, -0.25) is 9.78 Å². The van der Waals surface area contributed by atoms with E-state index in [1.54, 1.807) is 30.4 Å². The SMILES string of the molecule is CN(CCc1ccncc1)C(=O)c1cc(NCCCc2ccccc2)ncn1. The Bertz CT molecular complexity index is 870. The van der Waals surface area contributed by atoms with Crippen LogP contribution in [0.3, 0.4) is 0 Å². The van der Waals surface area contributed by atoms with Crippen molar-refractivity contribution in [3.63, 3.8) is 0 Å². The summed E-state index contributed by atoms with van der Waals surface area (Å²) in [6.07, 6.45) is 7.73. The van der Waals surface area contributed by atoms with Crippen LogP contribution in [0.15, 0.2) is 67.3 Å². The summed E-state index contributed by atoms with van der Waals surface area (Å²) in [6, 6.07) is 16.0. The van der Waals surface area contributed by atoms with Gasteiger partial charge >= 0.3 is 0 Å². The number of hydrogen-bond donors (Lipinski definition) is 1. The highest BCUT2D eigenvalue weighted by Crippen LogP contribution is 2.09. The Balaban J connectivity index is 1.48. The van der Waals surface area contributed by atoms with Gasteiger partial charge in [-0.2, -0.15) is 0 Å². The van der Waals surface area contributed by atoms with E-state index >= 15 is 0 Å². The van der Waals surface area contributed by atoms with Gasteiger partial charge < -0.3 is 10.2 Å². The number of carbonyl (C=O) groups excluding carboxylic acids is 1. The molecular formula is C22H25N5O. The lowest BCUT2D eigenvalue weighted by Crippen LogP contribution is -2.29. The molecule has 0 saturated carbocycles. The van der Waals surface area contributed by atoms with E-state index in [9.17, 15) is 4.79 Å². The largest absolute Gasteiger partial charge is 0.370 e. The summed E-state index contributed by atoms with van der Waals surface area (Å²) in [4.78, 5) is 26.7. The molecule has 144 valence electrons. The number of pyridine rings is 1. The van der Waals surface area contributed by atoms with E-state index < -0.39 is 0 Å². The highest BCUT2D eigenvalue weighted by atomic mass is 16.2. The van der Waals surface area contributed by atoms with Gasteiger partial charge in [0, 0.05) is 38.6 Å². The Kier molecular flexibility index (Phi) is 7.07. The zero-order chi connectivity index (χ0) is 19.6. The molecule has 28 heavy (non-hydrogen) atoms. The summed E-state index contributed by atoms with van der Waals surface area (Å²) in [5.74, 6) is 0.567. The lowest BCUT2D eigenvalue weighted by atomic mass is 10.1. The minimum Gasteiger partial charge on any atom is -0.370 e. The lowest BCUT2D eigenvalue weighted by Gasteiger charge is -2.17. The third-order valence-electron chi connectivity index (χ3n) is 4.51. The van der Waals surface area contributed by atoms with Crippen molar-refractivity contribution in [2.24, 2.45) is 0 Å². The van der Waals surface area contributed by atoms with Crippen LogP contribution in [0.2, 0.25) is 0 Å². The maximum absolute atomic E-state index is 12.6. The van der Waals surface area contributed by atoms with Crippen LogP contribution in [0.25, 0.3) is 0 Å². The summed E-state index contributed by atoms with van der Waals surface area (Å²) in [5, 5.41) is 3.28. The Morgan fingerprint density at radius 3 is 2.54 bits per heavy atom. The molecule has 3 rings (SSSR count). The van der Waals surface area contributed by atoms with Crippen molar-refractivity contribution < 1.29 is 4.79 Å². The first-order valence-electron chi connectivity index (χ1n) is 9.46. The number of nitrogens with zero attached hydrogens (tertiary/aromatic N) is 4. The standard InChI is InChI=1S/C22H25N5O/c1-27(15-11-19-9-13-23-14-10-19)22(28)20-16-21(26-17-25-20)24-12-5-8-18-6-3-2-4-7-18/h2-4,6-7,9-10,13-14,16-17H,5,8,11-12,15H2,1H3,(H,24,25,26). The molecule has 1 aromatic carbocycles. The van der Waals surface area contributed by atoms with Crippen LogP contribution in [0.1, 0.15) is 28.0 Å². The quantitative estimate of drug-likeness (QED) is 0.582. The summed E-state index contributed by atoms with van der Waals surface area (Å²) >= 11 is 0. The molecule has 0 saturated heterocycles. The molecule has 0 radical (unpaired) electrons. The number of nitrogens with one attached hydrogen (secondary N) is 1. The summed E-state index contributed by atoms with van der Waals surface area (Å²) in [5.41, 5.74) is 2.87. The lowest BCUT2D eigenvalue weighted by molar-refractivity contribution is 0.0790. The predicted molar refractivity (Wildman–Crippen MR) is 110 cm³/mol. The van der Waals surface area contributed by atoms with Gasteiger partial charge in [0.05, 0.1) is 0 Å². The molecule has 0 unspecified atom stereocenters. The average molecular weight is 375 g/mol. The van der Waals surface area contributed by atoms with E-state index in [1.165, 1.54) is 11.9 Å². The third kappa shape index (κ3) is 5.87. The van der Waals surface area contributed by atoms with Gasteiger partial charge in [-0.25, -0.2) is 9.97 Å². The van der Waals surface area contributed by atoms with Gasteiger partial charge in [-0.1, -0.05) is 30.3 Å². The van der Waals surface area contributed by atoms with E-state index in [0.29, 0.717) is 18.1 Å². The Morgan fingerprint density at radius 2 is 1.75 bits per heavy atom. The monoisotopic (exact) mass is 375 g/mol. The van der Waals surface area contributed by atoms with Crippen molar-refractivity contribution in [3.05, 3.63) is 84.1 Å². The number of benzene rings is 1. The fraction of sp³-hybridized carbons (Fsp3) is 0.273. The fourth-order valence-corrected chi connectivity index (χ4v) is 2.87. The highest BCUT2D eigenvalue weighted by molar-refractivity contribution is 5.92. The van der Waals surface area contributed by atoms with Gasteiger partial charge in [0.1, 0.15) is 17.8 Å². The molecule has 0 aliphatic carbocycles. The number of amides is 1. The summed E-state index contributed by atoms with van der Waals surface area (Å²) in [7, 11) is 1.79. The van der Waals surface area contributed by atoms with Crippen LogP contribution in [0.5, 0.6) is 0 Å². The third-order valence-corrected chi connectivity index (χ3v) is 4.51. The molecule has 6 heteroatoms. The first-order valence-corrected chi connectivity index (χ1v) is 9.46. The van der Waals surface area contributed by atoms with Crippen molar-refractivity contribution >= 4 is 11.7 Å². The molecule has 1 N–H and O–H groups in total. The summed E-state index contributed by atoms with van der Waals surface area (Å²) in [6.45, 7) is 1.41. The fourth-order valence-electron chi connectivity index (χ4n) is 2.87. The molecule has 2 heterocycles. The number of likely N-dealkylation sites (N-methyl/N-ethyl adjacent to an activating group) is 1. The summed E-state index contributed by atoms with van der Waals surface area (Å²) < 4.78 is 0. The maximum Gasteiger partial charge on any atom is 0.272 e. The first-order chi connectivity index (χ1) is 13.7. The highest BCUT2D eigenvalue weighted by Gasteiger charge is 2.14. The smallest absolute Gasteiger partial charge is 0.272 e. The second kappa shape index (κ2) is 10.2. The molecule has 1 amide bonds. The number of anilines is 1. The minimum absolute atomic E-state index is 0.108. The van der Waals surface area contributed by atoms with Gasteiger partial charge in [0.2, 0.25) is 0 Å². The molecule has 6 nitrogen and oxygen atoms in total. The molecule has 3 aromatic rings. The van der Waals surface area contributed by atoms with Crippen molar-refractivity contribution in [3.8, 4) is 0 Å². The molecule has 0 fully saturated rings. The normalized spacial score (nSPS) is 10.5. The zero-order valence-electron chi connectivity index (χ0n) is 16.1. The number of hydrogen-bond acceptors (Lipinski definition) is 5. The van der Waals surface area contributed by atoms with Crippen molar-refractivity contribution in [1.82, 2.24) is 19.9 Å². The van der Waals surface area contributed by atoms with E-state index in [1.807, 2.05) is 18.2 Å². The molecular weight excluding hydrogens is 350 g/mol. The maximum atomic E-state index is 12.6. The van der Waals surface area contributed by atoms with Crippen LogP contribution in [0, 0.1) is 0 Å². The second-order valence-corrected chi connectivity index (χ2v) is 6.64. The molecule has 0 spiro atoms. The van der Waals surface area contributed by atoms with Gasteiger partial charge in [-0.05, 0) is 42.5 Å². The van der Waals surface area contributed by atoms with Crippen molar-refractivity contribution in [2.45, 2.75) is 19.3 Å². The topological polar surface area (TPSA) is 71.0 Å². The zero-order valence-corrected chi connectivity index (χ0v) is 16.1. The van der Waals surface area contributed by atoms with Crippen LogP contribution in [0.4, 0.5) is 5.82 Å². The number of carbonyl (C=O) groups is 1. The predicted octanol–water partition coefficient (Wildman–Crippen LogP) is 3.23. The average Bonchev–Trinajstić information content (AvgIpc) is 2.76. The van der Waals surface area contributed by atoms with E-state index in [4.69, 9.17) is 0 Å². The Labute approximate surface area is 165 Å². The van der Waals surface area contributed by atoms with Crippen LogP contribution in [-0.2, 0) is 12.8 Å². The second-order valence-electron chi connectivity index (χ2n) is 6.64. The van der Waals surface area contributed by atoms with Gasteiger partial charge in [0.15, 0.2) is 0 Å². The van der Waals surface area contributed by atoms with E-state index in [0.717, 1.165) is 31.4 Å². The van der Waals surface area contributed by atoms with Crippen molar-refractivity contribution in [2.75, 3.05) is 25.5 Å². The van der Waals surface area contributed by atoms with Crippen LogP contribution in [-0.4, -0.2) is 45.9 Å². The molecule has 0 atom stereocenters. The van der Waals surface area contributed by atoms with E-state index in [-0.39, 0.29) is 5.91 Å². The minimum atomic E-state index is -0.108. The van der Waals surface area contributed by atoms with Gasteiger partial charge in [-0.15, -0.1) is 0 Å². The number of aryl methyl sites for hydroxylation is 1. The van der Waals surface area contributed by atoms with E-state index in [2.05, 4.69) is 44.5 Å². The Hall–Kier alpha value is -3.28. The van der Waals surface area contributed by atoms with Crippen molar-refractivity contribution in [1.29, 1.82) is 0 Å². The van der Waals surface area contributed by atoms with Gasteiger partial charge in [0.25, 0.3) is 5.91 Å². The number of rotatable bonds is 9. The van der Waals surface area contributed by atoms with Crippen LogP contribution >= 0.6 is 0 Å². The molecule has 2 aromatic heterocycles. The van der Waals surface area contributed by atoms with Crippen LogP contribution < -0.4 is 5.32 Å². The number of aromatic nitrogens is 3.